The monoisotopic (exact) mass is 294 g/mol. The maximum absolute atomic E-state index is 11.9. The van der Waals surface area contributed by atoms with Gasteiger partial charge >= 0.3 is 5.97 Å². The van der Waals surface area contributed by atoms with Gasteiger partial charge in [-0.2, -0.15) is 0 Å². The Hall–Kier alpha value is -1.36. The van der Waals surface area contributed by atoms with Crippen molar-refractivity contribution in [3.8, 4) is 0 Å². The Labute approximate surface area is 118 Å². The summed E-state index contributed by atoms with van der Waals surface area (Å²) in [5.74, 6) is -0.928. The Balaban J connectivity index is 1.98. The summed E-state index contributed by atoms with van der Waals surface area (Å²) in [6.45, 7) is 0. The fourth-order valence-corrected chi connectivity index (χ4v) is 5.61. The van der Waals surface area contributed by atoms with Crippen molar-refractivity contribution in [3.63, 3.8) is 0 Å². The first kappa shape index (κ1) is 13.6. The van der Waals surface area contributed by atoms with Gasteiger partial charge in [0.2, 0.25) is 0 Å². The summed E-state index contributed by atoms with van der Waals surface area (Å²) in [5, 5.41) is 9.75. The maximum atomic E-state index is 11.9. The molecule has 0 aromatic heterocycles. The second-order valence-corrected chi connectivity index (χ2v) is 8.24. The van der Waals surface area contributed by atoms with Gasteiger partial charge < -0.3 is 5.11 Å². The zero-order chi connectivity index (χ0) is 14.4. The minimum absolute atomic E-state index is 0.0292. The lowest BCUT2D eigenvalue weighted by Crippen LogP contribution is -2.44. The molecule has 1 aromatic rings. The van der Waals surface area contributed by atoms with Gasteiger partial charge in [-0.3, -0.25) is 4.79 Å². The summed E-state index contributed by atoms with van der Waals surface area (Å²) >= 11 is 0. The lowest BCUT2D eigenvalue weighted by atomic mass is 9.64. The van der Waals surface area contributed by atoms with Crippen LogP contribution in [0.25, 0.3) is 0 Å². The molecule has 4 nitrogen and oxygen atoms in total. The lowest BCUT2D eigenvalue weighted by Gasteiger charge is -2.38. The van der Waals surface area contributed by atoms with E-state index in [4.69, 9.17) is 0 Å². The van der Waals surface area contributed by atoms with Crippen LogP contribution in [0, 0.1) is 11.3 Å². The first-order valence-corrected chi connectivity index (χ1v) is 8.76. The van der Waals surface area contributed by atoms with Crippen LogP contribution in [0.15, 0.2) is 24.3 Å². The van der Waals surface area contributed by atoms with E-state index in [-0.39, 0.29) is 17.4 Å². The average molecular weight is 294 g/mol. The van der Waals surface area contributed by atoms with Crippen LogP contribution in [0.1, 0.15) is 24.0 Å². The van der Waals surface area contributed by atoms with E-state index in [9.17, 15) is 18.3 Å². The summed E-state index contributed by atoms with van der Waals surface area (Å²) in [4.78, 5) is 11.9. The first-order chi connectivity index (χ1) is 9.43. The lowest BCUT2D eigenvalue weighted by molar-refractivity contribution is -0.153. The number of carboxylic acid groups (broad SMARTS) is 1. The van der Waals surface area contributed by atoms with Crippen LogP contribution in [0.4, 0.5) is 0 Å². The van der Waals surface area contributed by atoms with Gasteiger partial charge in [0.25, 0.3) is 0 Å². The van der Waals surface area contributed by atoms with Crippen molar-refractivity contribution in [1.82, 2.24) is 0 Å². The highest BCUT2D eigenvalue weighted by Crippen LogP contribution is 2.46. The van der Waals surface area contributed by atoms with Gasteiger partial charge in [-0.05, 0) is 42.7 Å². The van der Waals surface area contributed by atoms with Crippen molar-refractivity contribution in [3.05, 3.63) is 35.4 Å². The van der Waals surface area contributed by atoms with Crippen LogP contribution in [-0.2, 0) is 27.5 Å². The van der Waals surface area contributed by atoms with E-state index >= 15 is 0 Å². The Kier molecular flexibility index (Phi) is 3.12. The highest BCUT2D eigenvalue weighted by Gasteiger charge is 2.51. The highest BCUT2D eigenvalue weighted by atomic mass is 32.2. The fraction of sp³-hybridized carbons (Fsp3) is 0.533. The van der Waals surface area contributed by atoms with Crippen molar-refractivity contribution in [2.24, 2.45) is 11.3 Å². The number of hydrogen-bond acceptors (Lipinski definition) is 3. The van der Waals surface area contributed by atoms with Gasteiger partial charge in [0.15, 0.2) is 9.84 Å². The van der Waals surface area contributed by atoms with Crippen LogP contribution in [0.5, 0.6) is 0 Å². The van der Waals surface area contributed by atoms with Gasteiger partial charge in [-0.1, -0.05) is 24.3 Å². The minimum atomic E-state index is -3.06. The van der Waals surface area contributed by atoms with Gasteiger partial charge in [0, 0.05) is 0 Å². The minimum Gasteiger partial charge on any atom is -0.481 e. The molecule has 1 saturated heterocycles. The van der Waals surface area contributed by atoms with Crippen LogP contribution >= 0.6 is 0 Å². The molecule has 2 atom stereocenters. The van der Waals surface area contributed by atoms with Gasteiger partial charge in [0.05, 0.1) is 16.9 Å². The van der Waals surface area contributed by atoms with E-state index in [1.54, 1.807) is 0 Å². The Bertz CT molecular complexity index is 650. The number of carboxylic acids is 1. The first-order valence-electron chi connectivity index (χ1n) is 6.94. The van der Waals surface area contributed by atoms with Crippen LogP contribution in [0.3, 0.4) is 0 Å². The summed E-state index contributed by atoms with van der Waals surface area (Å²) < 4.78 is 23.4. The molecular weight excluding hydrogens is 276 g/mol. The van der Waals surface area contributed by atoms with E-state index < -0.39 is 21.2 Å². The molecule has 5 heteroatoms. The summed E-state index contributed by atoms with van der Waals surface area (Å²) in [7, 11) is -3.06. The molecule has 0 amide bonds. The predicted octanol–water partition coefficient (Wildman–Crippen LogP) is 1.68. The molecule has 20 heavy (non-hydrogen) atoms. The molecule has 2 unspecified atom stereocenters. The SMILES string of the molecule is O=C(O)C1(C2CCS(=O)(=O)C2)CCc2ccccc2C1. The van der Waals surface area contributed by atoms with Crippen LogP contribution < -0.4 is 0 Å². The quantitative estimate of drug-likeness (QED) is 0.901. The standard InChI is InChI=1S/C15H18O4S/c16-14(17)15(13-6-8-20(18,19)10-13)7-5-11-3-1-2-4-12(11)9-15/h1-4,13H,5-10H2,(H,16,17). The van der Waals surface area contributed by atoms with Crippen LogP contribution in [-0.4, -0.2) is 31.0 Å². The summed E-state index contributed by atoms with van der Waals surface area (Å²) in [6, 6.07) is 7.89. The molecule has 1 N–H and O–H groups in total. The highest BCUT2D eigenvalue weighted by molar-refractivity contribution is 7.91. The van der Waals surface area contributed by atoms with Crippen molar-refractivity contribution < 1.29 is 18.3 Å². The van der Waals surface area contributed by atoms with Crippen LogP contribution in [0.2, 0.25) is 0 Å². The molecule has 2 aliphatic rings. The number of aliphatic carboxylic acids is 1. The number of hydrogen-bond donors (Lipinski definition) is 1. The van der Waals surface area contributed by atoms with Gasteiger partial charge in [-0.25, -0.2) is 8.42 Å². The van der Waals surface area contributed by atoms with E-state index in [1.165, 1.54) is 5.56 Å². The third kappa shape index (κ3) is 2.14. The Morgan fingerprint density at radius 3 is 2.55 bits per heavy atom. The van der Waals surface area contributed by atoms with E-state index in [0.717, 1.165) is 12.0 Å². The number of fused-ring (bicyclic) bond motifs is 1. The maximum Gasteiger partial charge on any atom is 0.310 e. The number of sulfone groups is 1. The predicted molar refractivity (Wildman–Crippen MR) is 75.3 cm³/mol. The summed E-state index contributed by atoms with van der Waals surface area (Å²) in [5.41, 5.74) is 1.36. The van der Waals surface area contributed by atoms with Crippen molar-refractivity contribution >= 4 is 15.8 Å². The van der Waals surface area contributed by atoms with Gasteiger partial charge in [-0.15, -0.1) is 0 Å². The van der Waals surface area contributed by atoms with Crippen molar-refractivity contribution in [1.29, 1.82) is 0 Å². The fourth-order valence-electron chi connectivity index (χ4n) is 3.70. The molecule has 1 fully saturated rings. The molecule has 0 saturated carbocycles. The number of benzene rings is 1. The normalized spacial score (nSPS) is 31.7. The molecule has 0 spiro atoms. The molecule has 1 heterocycles. The molecule has 3 rings (SSSR count). The zero-order valence-electron chi connectivity index (χ0n) is 11.2. The number of aryl methyl sites for hydroxylation is 1. The molecule has 1 aliphatic heterocycles. The van der Waals surface area contributed by atoms with E-state index in [2.05, 4.69) is 0 Å². The molecular formula is C15H18O4S. The average Bonchev–Trinajstić information content (AvgIpc) is 2.78. The summed E-state index contributed by atoms with van der Waals surface area (Å²) in [6.07, 6.45) is 2.20. The Morgan fingerprint density at radius 1 is 1.25 bits per heavy atom. The van der Waals surface area contributed by atoms with E-state index in [1.807, 2.05) is 24.3 Å². The molecule has 1 aliphatic carbocycles. The second-order valence-electron chi connectivity index (χ2n) is 6.01. The third-order valence-corrected chi connectivity index (χ3v) is 6.67. The van der Waals surface area contributed by atoms with E-state index in [0.29, 0.717) is 19.3 Å². The van der Waals surface area contributed by atoms with Gasteiger partial charge in [0.1, 0.15) is 0 Å². The molecule has 0 bridgehead atoms. The molecule has 108 valence electrons. The Morgan fingerprint density at radius 2 is 1.95 bits per heavy atom. The third-order valence-electron chi connectivity index (χ3n) is 4.90. The second kappa shape index (κ2) is 4.58. The topological polar surface area (TPSA) is 71.4 Å². The zero-order valence-corrected chi connectivity index (χ0v) is 12.0. The van der Waals surface area contributed by atoms with Crippen molar-refractivity contribution in [2.75, 3.05) is 11.5 Å². The number of rotatable bonds is 2. The van der Waals surface area contributed by atoms with Crippen molar-refractivity contribution in [2.45, 2.75) is 25.7 Å². The smallest absolute Gasteiger partial charge is 0.310 e. The largest absolute Gasteiger partial charge is 0.481 e. The molecule has 1 aromatic carbocycles. The number of carbonyl (C=O) groups is 1. The molecule has 0 radical (unpaired) electrons.